The van der Waals surface area contributed by atoms with Crippen LogP contribution in [0, 0.1) is 5.95 Å². The molecule has 0 aliphatic rings. The number of benzene rings is 3. The minimum absolute atomic E-state index is 0.221. The van der Waals surface area contributed by atoms with Crippen molar-refractivity contribution in [3.05, 3.63) is 149 Å². The van der Waals surface area contributed by atoms with Gasteiger partial charge in [-0.05, 0) is 22.8 Å². The third-order valence-corrected chi connectivity index (χ3v) is 6.94. The van der Waals surface area contributed by atoms with E-state index in [1.54, 1.807) is 12.1 Å². The molecular formula is C31H22ClFN4O. The van der Waals surface area contributed by atoms with Gasteiger partial charge in [-0.1, -0.05) is 103 Å². The van der Waals surface area contributed by atoms with Gasteiger partial charge in [-0.2, -0.15) is 9.49 Å². The summed E-state index contributed by atoms with van der Waals surface area (Å²) in [6.07, 6.45) is 1.40. The molecule has 0 saturated heterocycles. The lowest BCUT2D eigenvalue weighted by atomic mass is 9.77. The van der Waals surface area contributed by atoms with Gasteiger partial charge in [0.15, 0.2) is 0 Å². The smallest absolute Gasteiger partial charge is 0.213 e. The van der Waals surface area contributed by atoms with E-state index in [0.717, 1.165) is 16.7 Å². The Bertz CT molecular complexity index is 1630. The second kappa shape index (κ2) is 9.82. The van der Waals surface area contributed by atoms with Crippen LogP contribution in [0.4, 0.5) is 4.39 Å². The molecule has 0 atom stereocenters. The summed E-state index contributed by atoms with van der Waals surface area (Å²) in [5.74, 6) is -0.627. The molecule has 7 heteroatoms. The summed E-state index contributed by atoms with van der Waals surface area (Å²) < 4.78 is 16.2. The number of nitrogens with zero attached hydrogens (tertiary/aromatic N) is 4. The monoisotopic (exact) mass is 520 g/mol. The molecule has 0 amide bonds. The van der Waals surface area contributed by atoms with Gasteiger partial charge in [0.2, 0.25) is 5.95 Å². The number of pyridine rings is 2. The predicted octanol–water partition coefficient (Wildman–Crippen LogP) is 6.62. The highest BCUT2D eigenvalue weighted by atomic mass is 35.5. The number of aliphatic hydroxyl groups is 1. The molecule has 5 nitrogen and oxygen atoms in total. The standard InChI is InChI=1S/C31H22ClFN4O/c32-27-19-26-29(25(20-38)35-27)30(21-16-17-34-28(33)18-21)36-37(26)31(22-10-4-1-5-11-22,23-12-6-2-7-13-23)24-14-8-3-9-15-24/h1-19,38H,20H2. The first-order chi connectivity index (χ1) is 18.6. The lowest BCUT2D eigenvalue weighted by molar-refractivity contribution is 0.278. The van der Waals surface area contributed by atoms with E-state index in [1.165, 1.54) is 12.3 Å². The summed E-state index contributed by atoms with van der Waals surface area (Å²) in [7, 11) is 0. The fourth-order valence-electron chi connectivity index (χ4n) is 5.21. The zero-order valence-electron chi connectivity index (χ0n) is 20.2. The Morgan fingerprint density at radius 1 is 0.789 bits per heavy atom. The summed E-state index contributed by atoms with van der Waals surface area (Å²) in [6.45, 7) is -0.363. The van der Waals surface area contributed by atoms with Crippen LogP contribution in [-0.2, 0) is 12.1 Å². The van der Waals surface area contributed by atoms with Crippen LogP contribution >= 0.6 is 11.6 Å². The van der Waals surface area contributed by atoms with E-state index in [-0.39, 0.29) is 11.8 Å². The Kier molecular flexibility index (Phi) is 6.19. The molecule has 186 valence electrons. The Balaban J connectivity index is 1.84. The summed E-state index contributed by atoms with van der Waals surface area (Å²) in [5, 5.41) is 16.3. The highest BCUT2D eigenvalue weighted by Crippen LogP contribution is 2.44. The number of rotatable bonds is 6. The summed E-state index contributed by atoms with van der Waals surface area (Å²) in [6, 6.07) is 35.0. The molecule has 6 aromatic rings. The van der Waals surface area contributed by atoms with Gasteiger partial charge in [0.25, 0.3) is 0 Å². The van der Waals surface area contributed by atoms with E-state index >= 15 is 0 Å². The molecular weight excluding hydrogens is 499 g/mol. The van der Waals surface area contributed by atoms with Crippen LogP contribution in [0.2, 0.25) is 5.15 Å². The van der Waals surface area contributed by atoms with Gasteiger partial charge in [0, 0.05) is 23.9 Å². The van der Waals surface area contributed by atoms with Crippen LogP contribution in [0.3, 0.4) is 0 Å². The molecule has 3 heterocycles. The molecule has 0 spiro atoms. The number of aliphatic hydroxyl groups excluding tert-OH is 1. The van der Waals surface area contributed by atoms with Crippen LogP contribution in [0.25, 0.3) is 22.2 Å². The summed E-state index contributed by atoms with van der Waals surface area (Å²) in [5.41, 5.74) is 3.95. The lowest BCUT2D eigenvalue weighted by Gasteiger charge is -2.37. The van der Waals surface area contributed by atoms with Crippen molar-refractivity contribution in [3.63, 3.8) is 0 Å². The molecule has 6 rings (SSSR count). The number of hydrogen-bond donors (Lipinski definition) is 1. The SMILES string of the molecule is OCc1nc(Cl)cc2c1c(-c1ccnc(F)c1)nn2C(c1ccccc1)(c1ccccc1)c1ccccc1. The van der Waals surface area contributed by atoms with Crippen LogP contribution in [0.15, 0.2) is 115 Å². The van der Waals surface area contributed by atoms with Crippen molar-refractivity contribution < 1.29 is 9.50 Å². The van der Waals surface area contributed by atoms with Gasteiger partial charge in [-0.15, -0.1) is 0 Å². The second-order valence-corrected chi connectivity index (χ2v) is 9.27. The normalized spacial score (nSPS) is 11.7. The van der Waals surface area contributed by atoms with E-state index in [9.17, 15) is 9.50 Å². The first-order valence-corrected chi connectivity index (χ1v) is 12.5. The third kappa shape index (κ3) is 3.86. The first kappa shape index (κ1) is 24.0. The van der Waals surface area contributed by atoms with Crippen molar-refractivity contribution >= 4 is 22.5 Å². The minimum Gasteiger partial charge on any atom is -0.390 e. The molecule has 0 bridgehead atoms. The average Bonchev–Trinajstić information content (AvgIpc) is 3.34. The fraction of sp³-hybridized carbons (Fsp3) is 0.0645. The number of fused-ring (bicyclic) bond motifs is 1. The maximum absolute atomic E-state index is 14.3. The Morgan fingerprint density at radius 3 is 1.84 bits per heavy atom. The van der Waals surface area contributed by atoms with Crippen molar-refractivity contribution in [2.75, 3.05) is 0 Å². The highest BCUT2D eigenvalue weighted by Gasteiger charge is 2.41. The van der Waals surface area contributed by atoms with Gasteiger partial charge < -0.3 is 5.11 Å². The van der Waals surface area contributed by atoms with E-state index in [4.69, 9.17) is 16.7 Å². The van der Waals surface area contributed by atoms with Crippen molar-refractivity contribution in [1.29, 1.82) is 0 Å². The van der Waals surface area contributed by atoms with E-state index in [2.05, 4.69) is 46.4 Å². The maximum Gasteiger partial charge on any atom is 0.213 e. The lowest BCUT2D eigenvalue weighted by Crippen LogP contribution is -2.38. The van der Waals surface area contributed by atoms with E-state index < -0.39 is 11.5 Å². The zero-order chi connectivity index (χ0) is 26.1. The third-order valence-electron chi connectivity index (χ3n) is 6.75. The molecule has 0 radical (unpaired) electrons. The Morgan fingerprint density at radius 2 is 1.34 bits per heavy atom. The Labute approximate surface area is 223 Å². The molecule has 3 aromatic heterocycles. The molecule has 0 fully saturated rings. The van der Waals surface area contributed by atoms with Crippen molar-refractivity contribution in [2.45, 2.75) is 12.1 Å². The minimum atomic E-state index is -0.941. The number of hydrogen-bond acceptors (Lipinski definition) is 4. The van der Waals surface area contributed by atoms with E-state index in [1.807, 2.05) is 59.3 Å². The fourth-order valence-corrected chi connectivity index (χ4v) is 5.41. The van der Waals surface area contributed by atoms with E-state index in [0.29, 0.717) is 27.9 Å². The molecule has 38 heavy (non-hydrogen) atoms. The molecule has 0 saturated carbocycles. The van der Waals surface area contributed by atoms with Crippen molar-refractivity contribution in [3.8, 4) is 11.3 Å². The molecule has 3 aromatic carbocycles. The Hall–Kier alpha value is -4.39. The average molecular weight is 521 g/mol. The number of aromatic nitrogens is 4. The van der Waals surface area contributed by atoms with Crippen LogP contribution in [0.1, 0.15) is 22.4 Å². The van der Waals surface area contributed by atoms with Crippen LogP contribution in [0.5, 0.6) is 0 Å². The van der Waals surface area contributed by atoms with Crippen LogP contribution in [-0.4, -0.2) is 24.9 Å². The predicted molar refractivity (Wildman–Crippen MR) is 146 cm³/mol. The van der Waals surface area contributed by atoms with Crippen molar-refractivity contribution in [1.82, 2.24) is 19.7 Å². The van der Waals surface area contributed by atoms with Crippen LogP contribution < -0.4 is 0 Å². The van der Waals surface area contributed by atoms with Gasteiger partial charge in [-0.25, -0.2) is 14.6 Å². The van der Waals surface area contributed by atoms with Gasteiger partial charge in [-0.3, -0.25) is 0 Å². The van der Waals surface area contributed by atoms with Crippen molar-refractivity contribution in [2.24, 2.45) is 0 Å². The molecule has 1 N–H and O–H groups in total. The van der Waals surface area contributed by atoms with Gasteiger partial charge in [0.1, 0.15) is 16.4 Å². The maximum atomic E-state index is 14.3. The zero-order valence-corrected chi connectivity index (χ0v) is 20.9. The quantitative estimate of drug-likeness (QED) is 0.198. The van der Waals surface area contributed by atoms with Gasteiger partial charge >= 0.3 is 0 Å². The van der Waals surface area contributed by atoms with Gasteiger partial charge in [0.05, 0.1) is 23.2 Å². The highest BCUT2D eigenvalue weighted by molar-refractivity contribution is 6.30. The first-order valence-electron chi connectivity index (χ1n) is 12.1. The summed E-state index contributed by atoms with van der Waals surface area (Å²) >= 11 is 6.51. The number of halogens is 2. The molecule has 0 aliphatic carbocycles. The molecule has 0 unspecified atom stereocenters. The molecule has 0 aliphatic heterocycles. The topological polar surface area (TPSA) is 63.8 Å². The largest absolute Gasteiger partial charge is 0.390 e. The second-order valence-electron chi connectivity index (χ2n) is 8.88. The summed E-state index contributed by atoms with van der Waals surface area (Å²) in [4.78, 5) is 8.11.